The van der Waals surface area contributed by atoms with E-state index in [0.717, 1.165) is 13.1 Å². The summed E-state index contributed by atoms with van der Waals surface area (Å²) in [5, 5.41) is 11.5. The predicted molar refractivity (Wildman–Crippen MR) is 136 cm³/mol. The molecule has 2 aromatic rings. The number of H-pyrrole nitrogens is 1. The number of amides is 1. The fraction of sp³-hybridized carbons (Fsp3) is 0.444. The van der Waals surface area contributed by atoms with Crippen LogP contribution < -0.4 is 4.74 Å². The number of carbonyl (C=O) groups excluding carboxylic acids is 3. The minimum Gasteiger partial charge on any atom is -0.507 e. The van der Waals surface area contributed by atoms with Crippen LogP contribution in [0.2, 0.25) is 0 Å². The van der Waals surface area contributed by atoms with Gasteiger partial charge in [-0.1, -0.05) is 32.0 Å². The number of aliphatic hydroxyl groups excluding tert-OH is 1. The standard InChI is InChI=1S/C27H35N3O6/c1-7-29(8-2)14-15-30-23(18-12-10-11-13-19(18)35-6)21(25(32)26(30)33)24(31)20-16(4)22(28-17(20)5)27(34)36-9-3/h10-13,23,28,31H,7-9,14-15H2,1-6H3/b24-21-. The molecule has 9 heteroatoms. The van der Waals surface area contributed by atoms with Crippen LogP contribution in [0, 0.1) is 13.8 Å². The Morgan fingerprint density at radius 3 is 2.42 bits per heavy atom. The fourth-order valence-corrected chi connectivity index (χ4v) is 4.76. The Kier molecular flexibility index (Phi) is 8.57. The molecule has 0 bridgehead atoms. The molecule has 0 aliphatic carbocycles. The van der Waals surface area contributed by atoms with E-state index in [0.29, 0.717) is 41.2 Å². The number of rotatable bonds is 10. The second kappa shape index (κ2) is 11.4. The van der Waals surface area contributed by atoms with E-state index in [1.165, 1.54) is 12.0 Å². The van der Waals surface area contributed by atoms with Gasteiger partial charge in [0, 0.05) is 29.9 Å². The lowest BCUT2D eigenvalue weighted by Gasteiger charge is -2.29. The third-order valence-corrected chi connectivity index (χ3v) is 6.68. The third kappa shape index (κ3) is 4.88. The Morgan fingerprint density at radius 1 is 1.14 bits per heavy atom. The van der Waals surface area contributed by atoms with E-state index in [1.807, 2.05) is 13.8 Å². The van der Waals surface area contributed by atoms with Crippen molar-refractivity contribution in [3.05, 3.63) is 57.9 Å². The number of Topliss-reactive ketones (excluding diaryl/α,β-unsaturated/α-hetero) is 1. The average molecular weight is 498 g/mol. The Hall–Kier alpha value is -3.59. The summed E-state index contributed by atoms with van der Waals surface area (Å²) < 4.78 is 10.7. The first-order chi connectivity index (χ1) is 17.2. The number of aryl methyl sites for hydroxylation is 1. The number of methoxy groups -OCH3 is 1. The number of nitrogens with one attached hydrogen (secondary N) is 1. The molecule has 2 N–H and O–H groups in total. The molecule has 194 valence electrons. The first-order valence-corrected chi connectivity index (χ1v) is 12.2. The first kappa shape index (κ1) is 27.0. The van der Waals surface area contributed by atoms with E-state index in [2.05, 4.69) is 9.88 Å². The third-order valence-electron chi connectivity index (χ3n) is 6.68. The number of hydrogen-bond donors (Lipinski definition) is 2. The van der Waals surface area contributed by atoms with E-state index in [-0.39, 0.29) is 23.6 Å². The van der Waals surface area contributed by atoms with Crippen LogP contribution in [0.15, 0.2) is 29.8 Å². The molecule has 2 heterocycles. The van der Waals surface area contributed by atoms with Gasteiger partial charge in [0.25, 0.3) is 11.7 Å². The molecule has 0 spiro atoms. The Balaban J connectivity index is 2.21. The van der Waals surface area contributed by atoms with Gasteiger partial charge in [-0.25, -0.2) is 4.79 Å². The minimum absolute atomic E-state index is 0.0374. The van der Waals surface area contributed by atoms with E-state index in [4.69, 9.17) is 9.47 Å². The summed E-state index contributed by atoms with van der Waals surface area (Å²) in [5.74, 6) is -1.86. The first-order valence-electron chi connectivity index (χ1n) is 12.2. The van der Waals surface area contributed by atoms with Crippen LogP contribution in [0.4, 0.5) is 0 Å². The number of ether oxygens (including phenoxy) is 2. The maximum atomic E-state index is 13.4. The van der Waals surface area contributed by atoms with Crippen LogP contribution in [0.5, 0.6) is 5.75 Å². The van der Waals surface area contributed by atoms with Crippen LogP contribution in [0.3, 0.4) is 0 Å². The van der Waals surface area contributed by atoms with Gasteiger partial charge in [0.15, 0.2) is 0 Å². The molecular formula is C27H35N3O6. The van der Waals surface area contributed by atoms with Crippen molar-refractivity contribution in [1.82, 2.24) is 14.8 Å². The number of aromatic nitrogens is 1. The van der Waals surface area contributed by atoms with Crippen LogP contribution in [-0.4, -0.2) is 77.4 Å². The molecule has 9 nitrogen and oxygen atoms in total. The maximum absolute atomic E-state index is 13.4. The van der Waals surface area contributed by atoms with Gasteiger partial charge in [-0.2, -0.15) is 0 Å². The zero-order valence-corrected chi connectivity index (χ0v) is 21.8. The number of carbonyl (C=O) groups is 3. The number of aromatic amines is 1. The number of nitrogens with zero attached hydrogens (tertiary/aromatic N) is 2. The van der Waals surface area contributed by atoms with Crippen molar-refractivity contribution in [2.45, 2.75) is 40.7 Å². The summed E-state index contributed by atoms with van der Waals surface area (Å²) in [6.07, 6.45) is 0. The molecule has 1 aromatic heterocycles. The molecule has 1 unspecified atom stereocenters. The number of ketones is 1. The van der Waals surface area contributed by atoms with Crippen molar-refractivity contribution in [2.75, 3.05) is 39.9 Å². The fourth-order valence-electron chi connectivity index (χ4n) is 4.76. The molecule has 1 fully saturated rings. The summed E-state index contributed by atoms with van der Waals surface area (Å²) in [6, 6.07) is 6.29. The van der Waals surface area contributed by atoms with Crippen molar-refractivity contribution < 1.29 is 29.0 Å². The second-order valence-electron chi connectivity index (χ2n) is 8.61. The second-order valence-corrected chi connectivity index (χ2v) is 8.61. The Morgan fingerprint density at radius 2 is 1.81 bits per heavy atom. The normalized spacial score (nSPS) is 17.2. The van der Waals surface area contributed by atoms with Crippen molar-refractivity contribution in [3.8, 4) is 5.75 Å². The molecule has 3 rings (SSSR count). The summed E-state index contributed by atoms with van der Waals surface area (Å²) >= 11 is 0. The molecule has 36 heavy (non-hydrogen) atoms. The number of hydrogen-bond acceptors (Lipinski definition) is 7. The van der Waals surface area contributed by atoms with E-state index in [9.17, 15) is 19.5 Å². The smallest absolute Gasteiger partial charge is 0.355 e. The number of likely N-dealkylation sites (N-methyl/N-ethyl adjacent to an activating group) is 1. The van der Waals surface area contributed by atoms with Gasteiger partial charge in [0.1, 0.15) is 17.2 Å². The molecule has 0 saturated carbocycles. The minimum atomic E-state index is -0.851. The maximum Gasteiger partial charge on any atom is 0.355 e. The lowest BCUT2D eigenvalue weighted by molar-refractivity contribution is -0.140. The highest BCUT2D eigenvalue weighted by Gasteiger charge is 2.47. The van der Waals surface area contributed by atoms with Crippen LogP contribution in [0.1, 0.15) is 59.7 Å². The molecular weight excluding hydrogens is 462 g/mol. The van der Waals surface area contributed by atoms with Gasteiger partial charge in [0.05, 0.1) is 25.3 Å². The van der Waals surface area contributed by atoms with Crippen LogP contribution in [-0.2, 0) is 14.3 Å². The topological polar surface area (TPSA) is 112 Å². The van der Waals surface area contributed by atoms with Crippen LogP contribution in [0.25, 0.3) is 5.76 Å². The van der Waals surface area contributed by atoms with Crippen LogP contribution >= 0.6 is 0 Å². The van der Waals surface area contributed by atoms with E-state index >= 15 is 0 Å². The summed E-state index contributed by atoms with van der Waals surface area (Å²) in [7, 11) is 1.52. The SMILES string of the molecule is CCOC(=O)c1[nH]c(C)c(/C(O)=C2/C(=O)C(=O)N(CCN(CC)CC)C2c2ccccc2OC)c1C. The van der Waals surface area contributed by atoms with Crippen molar-refractivity contribution >= 4 is 23.4 Å². The summed E-state index contributed by atoms with van der Waals surface area (Å²) in [5.41, 5.74) is 1.99. The van der Waals surface area contributed by atoms with Gasteiger partial charge in [-0.05, 0) is 45.5 Å². The highest BCUT2D eigenvalue weighted by molar-refractivity contribution is 6.46. The summed E-state index contributed by atoms with van der Waals surface area (Å²) in [4.78, 5) is 45.7. The monoisotopic (exact) mass is 497 g/mol. The zero-order valence-electron chi connectivity index (χ0n) is 21.8. The molecule has 1 aliphatic rings. The Bertz CT molecular complexity index is 1180. The van der Waals surface area contributed by atoms with E-state index in [1.54, 1.807) is 45.0 Å². The molecule has 1 amide bonds. The highest BCUT2D eigenvalue weighted by Crippen LogP contribution is 2.43. The molecule has 0 radical (unpaired) electrons. The number of aliphatic hydroxyl groups is 1. The lowest BCUT2D eigenvalue weighted by Crippen LogP contribution is -2.38. The molecule has 1 atom stereocenters. The van der Waals surface area contributed by atoms with Crippen molar-refractivity contribution in [2.24, 2.45) is 0 Å². The average Bonchev–Trinajstić information content (AvgIpc) is 3.31. The molecule has 1 saturated heterocycles. The predicted octanol–water partition coefficient (Wildman–Crippen LogP) is 3.58. The summed E-state index contributed by atoms with van der Waals surface area (Å²) in [6.45, 7) is 11.8. The van der Waals surface area contributed by atoms with Crippen molar-refractivity contribution in [1.29, 1.82) is 0 Å². The number of benzene rings is 1. The highest BCUT2D eigenvalue weighted by atomic mass is 16.5. The molecule has 1 aliphatic heterocycles. The van der Waals surface area contributed by atoms with Gasteiger partial charge >= 0.3 is 5.97 Å². The number of esters is 1. The van der Waals surface area contributed by atoms with Gasteiger partial charge in [-0.15, -0.1) is 0 Å². The van der Waals surface area contributed by atoms with Gasteiger partial charge in [-0.3, -0.25) is 9.59 Å². The lowest BCUT2D eigenvalue weighted by atomic mass is 9.93. The van der Waals surface area contributed by atoms with Gasteiger partial charge in [0.2, 0.25) is 0 Å². The molecule has 1 aromatic carbocycles. The zero-order chi connectivity index (χ0) is 26.6. The van der Waals surface area contributed by atoms with E-state index < -0.39 is 23.7 Å². The quantitative estimate of drug-likeness (QED) is 0.223. The van der Waals surface area contributed by atoms with Gasteiger partial charge < -0.3 is 29.4 Å². The largest absolute Gasteiger partial charge is 0.507 e. The number of likely N-dealkylation sites (tertiary alicyclic amines) is 1. The van der Waals surface area contributed by atoms with Crippen molar-refractivity contribution in [3.63, 3.8) is 0 Å². The number of para-hydroxylation sites is 1. The Labute approximate surface area is 211 Å².